The van der Waals surface area contributed by atoms with Crippen LogP contribution in [0.25, 0.3) is 0 Å². The molecule has 18 heavy (non-hydrogen) atoms. The lowest BCUT2D eigenvalue weighted by Gasteiger charge is -2.17. The van der Waals surface area contributed by atoms with Crippen molar-refractivity contribution < 1.29 is 17.2 Å². The van der Waals surface area contributed by atoms with Gasteiger partial charge in [0, 0.05) is 11.6 Å². The molecule has 2 rings (SSSR count). The second-order valence-corrected chi connectivity index (χ2v) is 6.98. The van der Waals surface area contributed by atoms with Crippen LogP contribution in [0.2, 0.25) is 0 Å². The first-order chi connectivity index (χ1) is 8.39. The lowest BCUT2D eigenvalue weighted by molar-refractivity contribution is 0.447. The Hall–Kier alpha value is -1.01. The largest absolute Gasteiger partial charge is 0.324 e. The third kappa shape index (κ3) is 2.87. The highest BCUT2D eigenvalue weighted by atomic mass is 32.2. The SMILES string of the molecule is NC(CC1CCS(=O)(=O)C1)c1c(F)cccc1F. The van der Waals surface area contributed by atoms with Gasteiger partial charge in [-0.2, -0.15) is 0 Å². The van der Waals surface area contributed by atoms with Gasteiger partial charge in [0.15, 0.2) is 9.84 Å². The van der Waals surface area contributed by atoms with Gasteiger partial charge in [0.2, 0.25) is 0 Å². The van der Waals surface area contributed by atoms with E-state index < -0.39 is 27.5 Å². The molecule has 3 nitrogen and oxygen atoms in total. The highest BCUT2D eigenvalue weighted by molar-refractivity contribution is 7.91. The third-order valence-corrected chi connectivity index (χ3v) is 5.12. The summed E-state index contributed by atoms with van der Waals surface area (Å²) in [7, 11) is -2.99. The van der Waals surface area contributed by atoms with Gasteiger partial charge in [0.1, 0.15) is 11.6 Å². The smallest absolute Gasteiger partial charge is 0.150 e. The van der Waals surface area contributed by atoms with Crippen molar-refractivity contribution in [2.45, 2.75) is 18.9 Å². The molecule has 1 aliphatic heterocycles. The summed E-state index contributed by atoms with van der Waals surface area (Å²) in [4.78, 5) is 0. The average Bonchev–Trinajstić information content (AvgIpc) is 2.57. The van der Waals surface area contributed by atoms with E-state index in [1.807, 2.05) is 0 Å². The molecule has 0 aliphatic carbocycles. The Morgan fingerprint density at radius 2 is 1.94 bits per heavy atom. The highest BCUT2D eigenvalue weighted by Gasteiger charge is 2.30. The second kappa shape index (κ2) is 4.93. The van der Waals surface area contributed by atoms with Gasteiger partial charge in [0.05, 0.1) is 11.5 Å². The number of hydrogen-bond acceptors (Lipinski definition) is 3. The molecule has 100 valence electrons. The molecular formula is C12H15F2NO2S. The summed E-state index contributed by atoms with van der Waals surface area (Å²) in [5, 5.41) is 0. The molecule has 0 radical (unpaired) electrons. The van der Waals surface area contributed by atoms with Crippen LogP contribution in [-0.4, -0.2) is 19.9 Å². The van der Waals surface area contributed by atoms with E-state index >= 15 is 0 Å². The maximum atomic E-state index is 13.5. The second-order valence-electron chi connectivity index (χ2n) is 4.75. The van der Waals surface area contributed by atoms with Gasteiger partial charge in [-0.3, -0.25) is 0 Å². The summed E-state index contributed by atoms with van der Waals surface area (Å²) in [6.45, 7) is 0. The summed E-state index contributed by atoms with van der Waals surface area (Å²) in [6.07, 6.45) is 0.809. The molecule has 6 heteroatoms. The van der Waals surface area contributed by atoms with E-state index in [1.54, 1.807) is 0 Å². The van der Waals surface area contributed by atoms with Crippen molar-refractivity contribution in [3.8, 4) is 0 Å². The average molecular weight is 275 g/mol. The lowest BCUT2D eigenvalue weighted by Crippen LogP contribution is -2.19. The van der Waals surface area contributed by atoms with Crippen LogP contribution in [0.1, 0.15) is 24.4 Å². The maximum Gasteiger partial charge on any atom is 0.150 e. The van der Waals surface area contributed by atoms with Crippen LogP contribution in [-0.2, 0) is 9.84 Å². The quantitative estimate of drug-likeness (QED) is 0.915. The molecular weight excluding hydrogens is 260 g/mol. The van der Waals surface area contributed by atoms with E-state index in [2.05, 4.69) is 0 Å². The predicted octanol–water partition coefficient (Wildman–Crippen LogP) is 1.79. The zero-order valence-electron chi connectivity index (χ0n) is 9.77. The van der Waals surface area contributed by atoms with Crippen LogP contribution in [0.15, 0.2) is 18.2 Å². The van der Waals surface area contributed by atoms with Crippen LogP contribution in [0.5, 0.6) is 0 Å². The molecule has 2 unspecified atom stereocenters. The fourth-order valence-corrected chi connectivity index (χ4v) is 4.28. The summed E-state index contributed by atoms with van der Waals surface area (Å²) in [5.74, 6) is -1.25. The van der Waals surface area contributed by atoms with Crippen molar-refractivity contribution in [1.29, 1.82) is 0 Å². The van der Waals surface area contributed by atoms with Crippen molar-refractivity contribution in [3.05, 3.63) is 35.4 Å². The summed E-state index contributed by atoms with van der Waals surface area (Å²) >= 11 is 0. The van der Waals surface area contributed by atoms with E-state index in [0.717, 1.165) is 12.1 Å². The van der Waals surface area contributed by atoms with Crippen LogP contribution in [0.3, 0.4) is 0 Å². The Balaban J connectivity index is 2.11. The number of sulfone groups is 1. The zero-order valence-corrected chi connectivity index (χ0v) is 10.6. The summed E-state index contributed by atoms with van der Waals surface area (Å²) < 4.78 is 49.6. The van der Waals surface area contributed by atoms with E-state index in [0.29, 0.717) is 6.42 Å². The predicted molar refractivity (Wildman–Crippen MR) is 64.7 cm³/mol. The van der Waals surface area contributed by atoms with Crippen LogP contribution in [0.4, 0.5) is 8.78 Å². The highest BCUT2D eigenvalue weighted by Crippen LogP contribution is 2.29. The number of benzene rings is 1. The molecule has 1 aromatic carbocycles. The number of hydrogen-bond donors (Lipinski definition) is 1. The Morgan fingerprint density at radius 1 is 1.33 bits per heavy atom. The molecule has 1 aromatic rings. The van der Waals surface area contributed by atoms with Gasteiger partial charge in [-0.1, -0.05) is 6.07 Å². The molecule has 0 saturated carbocycles. The summed E-state index contributed by atoms with van der Waals surface area (Å²) in [5.41, 5.74) is 5.64. The molecule has 1 saturated heterocycles. The van der Waals surface area contributed by atoms with E-state index in [-0.39, 0.29) is 29.4 Å². The topological polar surface area (TPSA) is 60.2 Å². The first kappa shape index (κ1) is 13.4. The maximum absolute atomic E-state index is 13.5. The minimum absolute atomic E-state index is 0.0662. The monoisotopic (exact) mass is 275 g/mol. The lowest BCUT2D eigenvalue weighted by atomic mass is 9.94. The van der Waals surface area contributed by atoms with Crippen LogP contribution in [0, 0.1) is 17.6 Å². The van der Waals surface area contributed by atoms with Crippen molar-refractivity contribution in [2.75, 3.05) is 11.5 Å². The minimum Gasteiger partial charge on any atom is -0.324 e. The van der Waals surface area contributed by atoms with Gasteiger partial charge < -0.3 is 5.73 Å². The molecule has 0 aromatic heterocycles. The van der Waals surface area contributed by atoms with Crippen LogP contribution < -0.4 is 5.73 Å². The molecule has 1 heterocycles. The van der Waals surface area contributed by atoms with Gasteiger partial charge in [0.25, 0.3) is 0 Å². The molecule has 1 fully saturated rings. The van der Waals surface area contributed by atoms with E-state index in [4.69, 9.17) is 5.73 Å². The Morgan fingerprint density at radius 3 is 2.44 bits per heavy atom. The Labute approximate surface area is 105 Å². The molecule has 0 spiro atoms. The van der Waals surface area contributed by atoms with Gasteiger partial charge >= 0.3 is 0 Å². The zero-order chi connectivity index (χ0) is 13.3. The number of halogens is 2. The first-order valence-electron chi connectivity index (χ1n) is 5.79. The van der Waals surface area contributed by atoms with E-state index in [1.165, 1.54) is 6.07 Å². The number of nitrogens with two attached hydrogens (primary N) is 1. The first-order valence-corrected chi connectivity index (χ1v) is 7.61. The minimum atomic E-state index is -2.99. The number of rotatable bonds is 3. The van der Waals surface area contributed by atoms with Crippen molar-refractivity contribution >= 4 is 9.84 Å². The normalized spacial score (nSPS) is 24.1. The summed E-state index contributed by atoms with van der Waals surface area (Å²) in [6, 6.07) is 2.79. The Kier molecular flexibility index (Phi) is 3.68. The fraction of sp³-hybridized carbons (Fsp3) is 0.500. The van der Waals surface area contributed by atoms with E-state index in [9.17, 15) is 17.2 Å². The van der Waals surface area contributed by atoms with Crippen molar-refractivity contribution in [1.82, 2.24) is 0 Å². The molecule has 0 amide bonds. The van der Waals surface area contributed by atoms with Gasteiger partial charge in [-0.25, -0.2) is 17.2 Å². The van der Waals surface area contributed by atoms with Gasteiger partial charge in [-0.15, -0.1) is 0 Å². The fourth-order valence-electron chi connectivity index (χ4n) is 2.40. The molecule has 1 aliphatic rings. The van der Waals surface area contributed by atoms with Gasteiger partial charge in [-0.05, 0) is 30.9 Å². The third-order valence-electron chi connectivity index (χ3n) is 3.28. The molecule has 2 atom stereocenters. The van der Waals surface area contributed by atoms with Crippen molar-refractivity contribution in [3.63, 3.8) is 0 Å². The van der Waals surface area contributed by atoms with Crippen molar-refractivity contribution in [2.24, 2.45) is 11.7 Å². The Bertz CT molecular complexity index is 525. The standard InChI is InChI=1S/C12H15F2NO2S/c13-9-2-1-3-10(14)12(9)11(15)6-8-4-5-18(16,17)7-8/h1-3,8,11H,4-7,15H2. The molecule has 2 N–H and O–H groups in total. The molecule has 0 bridgehead atoms. The van der Waals surface area contributed by atoms with Crippen LogP contribution >= 0.6 is 0 Å².